The molecule has 0 saturated heterocycles. The zero-order chi connectivity index (χ0) is 26.8. The van der Waals surface area contributed by atoms with Crippen LogP contribution < -0.4 is 9.64 Å². The number of carbonyl (C=O) groups excluding carboxylic acids is 3. The maximum absolute atomic E-state index is 13.4. The van der Waals surface area contributed by atoms with Crippen molar-refractivity contribution < 1.29 is 28.6 Å². The number of thioether (sulfide) groups is 2. The van der Waals surface area contributed by atoms with E-state index in [0.717, 1.165) is 23.5 Å². The third-order valence-electron chi connectivity index (χ3n) is 5.57. The largest absolute Gasteiger partial charge is 0.494 e. The summed E-state index contributed by atoms with van der Waals surface area (Å²) in [6.45, 7) is 13.7. The molecule has 0 bridgehead atoms. The van der Waals surface area contributed by atoms with E-state index < -0.39 is 17.5 Å². The minimum atomic E-state index is -0.836. The van der Waals surface area contributed by atoms with Gasteiger partial charge in [-0.2, -0.15) is 0 Å². The van der Waals surface area contributed by atoms with Gasteiger partial charge in [0.1, 0.15) is 15.6 Å². The van der Waals surface area contributed by atoms with Gasteiger partial charge in [-0.05, 0) is 52.8 Å². The lowest BCUT2D eigenvalue weighted by Crippen LogP contribution is -2.57. The number of fused-ring (bicyclic) bond motifs is 1. The highest BCUT2D eigenvalue weighted by Gasteiger charge is 2.46. The molecule has 0 fully saturated rings. The van der Waals surface area contributed by atoms with Crippen LogP contribution >= 0.6 is 35.7 Å². The van der Waals surface area contributed by atoms with Gasteiger partial charge in [0.25, 0.3) is 0 Å². The molecule has 7 nitrogen and oxygen atoms in total. The van der Waals surface area contributed by atoms with Crippen molar-refractivity contribution in [2.75, 3.05) is 24.7 Å². The van der Waals surface area contributed by atoms with Crippen LogP contribution in [0.5, 0.6) is 5.75 Å². The van der Waals surface area contributed by atoms with Gasteiger partial charge in [0.2, 0.25) is 5.91 Å². The Hall–Kier alpha value is -2.30. The van der Waals surface area contributed by atoms with E-state index in [9.17, 15) is 14.4 Å². The Morgan fingerprint density at radius 3 is 2.00 bits per heavy atom. The second-order valence-electron chi connectivity index (χ2n) is 8.79. The molecule has 10 heteroatoms. The molecular formula is C26H31NO6S3. The Morgan fingerprint density at radius 2 is 1.53 bits per heavy atom. The minimum absolute atomic E-state index is 0.0545. The van der Waals surface area contributed by atoms with Crippen LogP contribution in [0.3, 0.4) is 0 Å². The Balaban J connectivity index is 2.26. The topological polar surface area (TPSA) is 82.1 Å². The van der Waals surface area contributed by atoms with E-state index in [0.29, 0.717) is 38.3 Å². The number of amides is 1. The average molecular weight is 550 g/mol. The number of benzene rings is 1. The number of anilines is 1. The quantitative estimate of drug-likeness (QED) is 0.241. The molecule has 0 N–H and O–H groups in total. The van der Waals surface area contributed by atoms with Crippen LogP contribution in [0.4, 0.5) is 5.69 Å². The predicted molar refractivity (Wildman–Crippen MR) is 149 cm³/mol. The molecule has 0 spiro atoms. The average Bonchev–Trinajstić information content (AvgIpc) is 3.25. The summed E-state index contributed by atoms with van der Waals surface area (Å²) in [5, 5.41) is 0. The van der Waals surface area contributed by atoms with Gasteiger partial charge in [-0.1, -0.05) is 49.6 Å². The number of hydrogen-bond donors (Lipinski definition) is 0. The molecular weight excluding hydrogens is 518 g/mol. The summed E-state index contributed by atoms with van der Waals surface area (Å²) in [4.78, 5) is 41.5. The fourth-order valence-electron chi connectivity index (χ4n) is 3.92. The molecule has 0 atom stereocenters. The van der Waals surface area contributed by atoms with E-state index >= 15 is 0 Å². The van der Waals surface area contributed by atoms with Crippen molar-refractivity contribution in [2.45, 2.75) is 54.0 Å². The number of thiocarbonyl (C=S) groups is 1. The number of esters is 2. The first-order valence-corrected chi connectivity index (χ1v) is 13.9. The SMILES string of the molecule is CCOC(=O)C1=C(C(=O)OCC)SC(=C2C(=S)C(C)(C)N(C(=O)C(C)C)c3ccc(OCC)cc32)S1. The van der Waals surface area contributed by atoms with Crippen LogP contribution in [-0.4, -0.2) is 48.1 Å². The number of ether oxygens (including phenoxy) is 3. The number of rotatable bonds is 7. The maximum atomic E-state index is 13.4. The Kier molecular flexibility index (Phi) is 8.95. The number of nitrogens with zero attached hydrogens (tertiary/aromatic N) is 1. The molecule has 0 radical (unpaired) electrons. The van der Waals surface area contributed by atoms with Crippen molar-refractivity contribution in [3.05, 3.63) is 37.8 Å². The molecule has 1 aromatic rings. The molecule has 2 aliphatic heterocycles. The second kappa shape index (κ2) is 11.4. The Morgan fingerprint density at radius 1 is 0.972 bits per heavy atom. The molecule has 0 unspecified atom stereocenters. The lowest BCUT2D eigenvalue weighted by Gasteiger charge is -2.46. The van der Waals surface area contributed by atoms with Crippen molar-refractivity contribution in [2.24, 2.45) is 5.92 Å². The van der Waals surface area contributed by atoms with Gasteiger partial charge in [-0.15, -0.1) is 0 Å². The smallest absolute Gasteiger partial charge is 0.346 e. The summed E-state index contributed by atoms with van der Waals surface area (Å²) in [7, 11) is 0. The monoisotopic (exact) mass is 549 g/mol. The standard InChI is InChI=1S/C26H31NO6S3/c1-8-31-15-11-12-17-16(13-15)18(21(34)26(6,7)27(17)22(28)14(4)5)25-35-19(23(29)32-9-2)20(36-25)24(30)33-10-3/h11-14H,8-10H2,1-7H3. The molecule has 2 heterocycles. The molecule has 0 saturated carbocycles. The molecule has 0 aromatic heterocycles. The van der Waals surface area contributed by atoms with Crippen LogP contribution in [0.2, 0.25) is 0 Å². The van der Waals surface area contributed by atoms with Crippen molar-refractivity contribution in [1.82, 2.24) is 0 Å². The normalized spacial score (nSPS) is 16.9. The van der Waals surface area contributed by atoms with Crippen LogP contribution in [-0.2, 0) is 23.9 Å². The van der Waals surface area contributed by atoms with Crippen molar-refractivity contribution in [3.63, 3.8) is 0 Å². The highest BCUT2D eigenvalue weighted by molar-refractivity contribution is 8.29. The molecule has 2 aliphatic rings. The fourth-order valence-corrected chi connectivity index (χ4v) is 6.90. The van der Waals surface area contributed by atoms with Crippen molar-refractivity contribution in [3.8, 4) is 5.75 Å². The van der Waals surface area contributed by atoms with Crippen LogP contribution in [0.25, 0.3) is 5.57 Å². The zero-order valence-electron chi connectivity index (χ0n) is 21.6. The Bertz CT molecular complexity index is 1140. The minimum Gasteiger partial charge on any atom is -0.494 e. The summed E-state index contributed by atoms with van der Waals surface area (Å²) in [6.07, 6.45) is 0. The van der Waals surface area contributed by atoms with Gasteiger partial charge in [0.05, 0.1) is 40.1 Å². The molecule has 0 aliphatic carbocycles. The van der Waals surface area contributed by atoms with E-state index in [-0.39, 0.29) is 34.8 Å². The molecule has 1 aromatic carbocycles. The summed E-state index contributed by atoms with van der Waals surface area (Å²) in [5.41, 5.74) is 1.26. The van der Waals surface area contributed by atoms with Crippen LogP contribution in [0.1, 0.15) is 54.0 Å². The first kappa shape index (κ1) is 28.3. The van der Waals surface area contributed by atoms with Gasteiger partial charge < -0.3 is 19.1 Å². The van der Waals surface area contributed by atoms with E-state index in [1.54, 1.807) is 18.7 Å². The summed E-state index contributed by atoms with van der Waals surface area (Å²) >= 11 is 8.30. The molecule has 3 rings (SSSR count). The summed E-state index contributed by atoms with van der Waals surface area (Å²) in [6, 6.07) is 5.55. The number of hydrogen-bond acceptors (Lipinski definition) is 9. The lowest BCUT2D eigenvalue weighted by molar-refractivity contribution is -0.140. The van der Waals surface area contributed by atoms with E-state index in [4.69, 9.17) is 26.4 Å². The third kappa shape index (κ3) is 5.21. The number of carbonyl (C=O) groups is 3. The first-order valence-electron chi connectivity index (χ1n) is 11.8. The zero-order valence-corrected chi connectivity index (χ0v) is 24.0. The lowest BCUT2D eigenvalue weighted by atomic mass is 9.82. The van der Waals surface area contributed by atoms with Crippen molar-refractivity contribution in [1.29, 1.82) is 0 Å². The van der Waals surface area contributed by atoms with Crippen LogP contribution in [0.15, 0.2) is 32.2 Å². The molecule has 36 heavy (non-hydrogen) atoms. The Labute approximate surface area is 226 Å². The van der Waals surface area contributed by atoms with Gasteiger partial charge in [0.15, 0.2) is 0 Å². The van der Waals surface area contributed by atoms with E-state index in [1.165, 1.54) is 0 Å². The maximum Gasteiger partial charge on any atom is 0.346 e. The van der Waals surface area contributed by atoms with Gasteiger partial charge in [0, 0.05) is 17.1 Å². The fraction of sp³-hybridized carbons (Fsp3) is 0.462. The van der Waals surface area contributed by atoms with E-state index in [1.807, 2.05) is 52.8 Å². The van der Waals surface area contributed by atoms with Gasteiger partial charge in [-0.3, -0.25) is 4.79 Å². The molecule has 194 valence electrons. The third-order valence-corrected chi connectivity index (χ3v) is 8.83. The van der Waals surface area contributed by atoms with Gasteiger partial charge >= 0.3 is 11.9 Å². The highest BCUT2D eigenvalue weighted by atomic mass is 32.2. The highest BCUT2D eigenvalue weighted by Crippen LogP contribution is 2.56. The second-order valence-corrected chi connectivity index (χ2v) is 11.5. The van der Waals surface area contributed by atoms with Crippen LogP contribution in [0, 0.1) is 5.92 Å². The first-order chi connectivity index (χ1) is 17.0. The van der Waals surface area contributed by atoms with Crippen molar-refractivity contribution >= 4 is 69.7 Å². The van der Waals surface area contributed by atoms with Gasteiger partial charge in [-0.25, -0.2) is 9.59 Å². The summed E-state index contributed by atoms with van der Waals surface area (Å²) in [5.74, 6) is -0.848. The van der Waals surface area contributed by atoms with E-state index in [2.05, 4.69) is 0 Å². The predicted octanol–water partition coefficient (Wildman–Crippen LogP) is 5.72. The molecule has 1 amide bonds. The summed E-state index contributed by atoms with van der Waals surface area (Å²) < 4.78 is 16.8.